The standard InChI is InChI=1S/C11H17ClN2/c1-4-10(8(2)3)14-11-6-5-9(12)7-13-11/h5-8,10H,4H2,1-3H3,(H,13,14). The van der Waals surface area contributed by atoms with Crippen LogP contribution in [0.4, 0.5) is 5.82 Å². The molecule has 78 valence electrons. The van der Waals surface area contributed by atoms with Gasteiger partial charge in [0.1, 0.15) is 5.82 Å². The van der Waals surface area contributed by atoms with E-state index in [0.29, 0.717) is 17.0 Å². The molecule has 3 heteroatoms. The van der Waals surface area contributed by atoms with Crippen molar-refractivity contribution in [2.45, 2.75) is 33.2 Å². The van der Waals surface area contributed by atoms with Crippen LogP contribution in [-0.4, -0.2) is 11.0 Å². The van der Waals surface area contributed by atoms with Crippen LogP contribution in [0.25, 0.3) is 0 Å². The lowest BCUT2D eigenvalue weighted by molar-refractivity contribution is 0.510. The second-order valence-corrected chi connectivity index (χ2v) is 4.20. The number of anilines is 1. The van der Waals surface area contributed by atoms with Crippen molar-refractivity contribution in [3.8, 4) is 0 Å². The van der Waals surface area contributed by atoms with Gasteiger partial charge in [-0.25, -0.2) is 4.98 Å². The number of hydrogen-bond acceptors (Lipinski definition) is 2. The summed E-state index contributed by atoms with van der Waals surface area (Å²) in [5, 5.41) is 4.06. The van der Waals surface area contributed by atoms with Crippen LogP contribution in [0.15, 0.2) is 18.3 Å². The fourth-order valence-electron chi connectivity index (χ4n) is 1.39. The second-order valence-electron chi connectivity index (χ2n) is 3.76. The molecule has 1 rings (SSSR count). The smallest absolute Gasteiger partial charge is 0.126 e. The minimum absolute atomic E-state index is 0.476. The zero-order valence-electron chi connectivity index (χ0n) is 8.92. The molecule has 1 aromatic rings. The Balaban J connectivity index is 2.63. The van der Waals surface area contributed by atoms with E-state index in [4.69, 9.17) is 11.6 Å². The molecule has 0 spiro atoms. The molecule has 0 fully saturated rings. The van der Waals surface area contributed by atoms with Crippen LogP contribution < -0.4 is 5.32 Å². The highest BCUT2D eigenvalue weighted by atomic mass is 35.5. The third kappa shape index (κ3) is 3.18. The normalized spacial score (nSPS) is 12.9. The van der Waals surface area contributed by atoms with E-state index in [1.54, 1.807) is 6.20 Å². The van der Waals surface area contributed by atoms with E-state index in [9.17, 15) is 0 Å². The molecular weight excluding hydrogens is 196 g/mol. The van der Waals surface area contributed by atoms with Gasteiger partial charge in [-0.05, 0) is 24.5 Å². The summed E-state index contributed by atoms with van der Waals surface area (Å²) in [6, 6.07) is 4.24. The molecule has 0 saturated carbocycles. The summed E-state index contributed by atoms with van der Waals surface area (Å²) >= 11 is 5.75. The van der Waals surface area contributed by atoms with Crippen molar-refractivity contribution in [3.63, 3.8) is 0 Å². The predicted octanol–water partition coefficient (Wildman–Crippen LogP) is 3.58. The third-order valence-corrected chi connectivity index (χ3v) is 2.53. The monoisotopic (exact) mass is 212 g/mol. The molecule has 1 unspecified atom stereocenters. The van der Waals surface area contributed by atoms with Crippen molar-refractivity contribution >= 4 is 17.4 Å². The molecule has 1 N–H and O–H groups in total. The average molecular weight is 213 g/mol. The molecule has 14 heavy (non-hydrogen) atoms. The van der Waals surface area contributed by atoms with E-state index in [2.05, 4.69) is 31.1 Å². The van der Waals surface area contributed by atoms with Crippen molar-refractivity contribution in [1.82, 2.24) is 4.98 Å². The maximum absolute atomic E-state index is 5.75. The molecule has 0 aliphatic carbocycles. The van der Waals surface area contributed by atoms with E-state index < -0.39 is 0 Å². The molecule has 2 nitrogen and oxygen atoms in total. The van der Waals surface area contributed by atoms with Crippen LogP contribution in [-0.2, 0) is 0 Å². The Morgan fingerprint density at radius 2 is 2.14 bits per heavy atom. The first kappa shape index (κ1) is 11.3. The van der Waals surface area contributed by atoms with Crippen LogP contribution >= 0.6 is 11.6 Å². The van der Waals surface area contributed by atoms with Crippen LogP contribution in [0.3, 0.4) is 0 Å². The van der Waals surface area contributed by atoms with Crippen molar-refractivity contribution < 1.29 is 0 Å². The number of halogens is 1. The number of rotatable bonds is 4. The first-order valence-corrected chi connectivity index (χ1v) is 5.39. The molecule has 0 aromatic carbocycles. The lowest BCUT2D eigenvalue weighted by Crippen LogP contribution is -2.24. The Kier molecular flexibility index (Phi) is 4.21. The SMILES string of the molecule is CCC(Nc1ccc(Cl)cn1)C(C)C. The van der Waals surface area contributed by atoms with Crippen LogP contribution in [0.1, 0.15) is 27.2 Å². The molecule has 1 atom stereocenters. The molecule has 0 bridgehead atoms. The molecular formula is C11H17ClN2. The van der Waals surface area contributed by atoms with E-state index >= 15 is 0 Å². The fourth-order valence-corrected chi connectivity index (χ4v) is 1.50. The van der Waals surface area contributed by atoms with E-state index in [1.807, 2.05) is 12.1 Å². The van der Waals surface area contributed by atoms with Gasteiger partial charge in [-0.3, -0.25) is 0 Å². The predicted molar refractivity (Wildman–Crippen MR) is 61.8 cm³/mol. The number of nitrogens with one attached hydrogen (secondary N) is 1. The lowest BCUT2D eigenvalue weighted by Gasteiger charge is -2.21. The van der Waals surface area contributed by atoms with Crippen LogP contribution in [0.5, 0.6) is 0 Å². The maximum Gasteiger partial charge on any atom is 0.126 e. The fraction of sp³-hybridized carbons (Fsp3) is 0.545. The molecule has 0 aliphatic heterocycles. The summed E-state index contributed by atoms with van der Waals surface area (Å²) < 4.78 is 0. The summed E-state index contributed by atoms with van der Waals surface area (Å²) in [6.07, 6.45) is 2.76. The quantitative estimate of drug-likeness (QED) is 0.825. The van der Waals surface area contributed by atoms with Crippen LogP contribution in [0.2, 0.25) is 5.02 Å². The highest BCUT2D eigenvalue weighted by Gasteiger charge is 2.10. The van der Waals surface area contributed by atoms with Gasteiger partial charge < -0.3 is 5.32 Å². The van der Waals surface area contributed by atoms with Crippen molar-refractivity contribution in [2.24, 2.45) is 5.92 Å². The average Bonchev–Trinajstić information content (AvgIpc) is 2.16. The molecule has 0 saturated heterocycles. The summed E-state index contributed by atoms with van der Waals surface area (Å²) in [5.74, 6) is 1.51. The van der Waals surface area contributed by atoms with Crippen LogP contribution in [0, 0.1) is 5.92 Å². The largest absolute Gasteiger partial charge is 0.367 e. The Labute approximate surface area is 90.7 Å². The highest BCUT2D eigenvalue weighted by molar-refractivity contribution is 6.30. The number of nitrogens with zero attached hydrogens (tertiary/aromatic N) is 1. The molecule has 1 heterocycles. The Morgan fingerprint density at radius 1 is 1.43 bits per heavy atom. The molecule has 0 radical (unpaired) electrons. The number of pyridine rings is 1. The van der Waals surface area contributed by atoms with E-state index in [1.165, 1.54) is 0 Å². The molecule has 0 aliphatic rings. The second kappa shape index (κ2) is 5.20. The van der Waals surface area contributed by atoms with E-state index in [-0.39, 0.29) is 0 Å². The zero-order valence-corrected chi connectivity index (χ0v) is 9.67. The third-order valence-electron chi connectivity index (χ3n) is 2.31. The summed E-state index contributed by atoms with van der Waals surface area (Å²) in [4.78, 5) is 4.21. The Bertz CT molecular complexity index is 269. The van der Waals surface area contributed by atoms with Gasteiger partial charge in [0.15, 0.2) is 0 Å². The highest BCUT2D eigenvalue weighted by Crippen LogP contribution is 2.14. The Morgan fingerprint density at radius 3 is 2.57 bits per heavy atom. The van der Waals surface area contributed by atoms with Gasteiger partial charge in [0.05, 0.1) is 5.02 Å². The summed E-state index contributed by atoms with van der Waals surface area (Å²) in [7, 11) is 0. The van der Waals surface area contributed by atoms with Gasteiger partial charge in [-0.2, -0.15) is 0 Å². The minimum Gasteiger partial charge on any atom is -0.367 e. The van der Waals surface area contributed by atoms with Crippen molar-refractivity contribution in [1.29, 1.82) is 0 Å². The summed E-state index contributed by atoms with van der Waals surface area (Å²) in [5.41, 5.74) is 0. The summed E-state index contributed by atoms with van der Waals surface area (Å²) in [6.45, 7) is 6.59. The number of aromatic nitrogens is 1. The number of hydrogen-bond donors (Lipinski definition) is 1. The first-order chi connectivity index (χ1) is 6.63. The lowest BCUT2D eigenvalue weighted by atomic mass is 10.0. The molecule has 0 amide bonds. The minimum atomic E-state index is 0.476. The van der Waals surface area contributed by atoms with Gasteiger partial charge in [-0.15, -0.1) is 0 Å². The van der Waals surface area contributed by atoms with Gasteiger partial charge >= 0.3 is 0 Å². The maximum atomic E-state index is 5.75. The Hall–Kier alpha value is -0.760. The van der Waals surface area contributed by atoms with Gasteiger partial charge in [-0.1, -0.05) is 32.4 Å². The van der Waals surface area contributed by atoms with Gasteiger partial charge in [0, 0.05) is 12.2 Å². The van der Waals surface area contributed by atoms with E-state index in [0.717, 1.165) is 12.2 Å². The van der Waals surface area contributed by atoms with Crippen molar-refractivity contribution in [3.05, 3.63) is 23.4 Å². The van der Waals surface area contributed by atoms with Gasteiger partial charge in [0.2, 0.25) is 0 Å². The van der Waals surface area contributed by atoms with Crippen molar-refractivity contribution in [2.75, 3.05) is 5.32 Å². The first-order valence-electron chi connectivity index (χ1n) is 5.01. The topological polar surface area (TPSA) is 24.9 Å². The molecule has 1 aromatic heterocycles. The zero-order chi connectivity index (χ0) is 10.6. The van der Waals surface area contributed by atoms with Gasteiger partial charge in [0.25, 0.3) is 0 Å².